The molecule has 0 aliphatic heterocycles. The van der Waals surface area contributed by atoms with Crippen molar-refractivity contribution in [3.8, 4) is 0 Å². The minimum absolute atomic E-state index is 0.0282. The third kappa shape index (κ3) is 4.34. The molecule has 0 radical (unpaired) electrons. The second kappa shape index (κ2) is 7.62. The fourth-order valence-corrected chi connectivity index (χ4v) is 4.01. The molecule has 2 aromatic rings. The molecule has 0 fully saturated rings. The van der Waals surface area contributed by atoms with E-state index in [1.54, 1.807) is 31.2 Å². The van der Waals surface area contributed by atoms with Gasteiger partial charge in [-0.2, -0.15) is 4.72 Å². The van der Waals surface area contributed by atoms with E-state index in [1.807, 2.05) is 0 Å². The van der Waals surface area contributed by atoms with Crippen LogP contribution in [0.2, 0.25) is 0 Å². The van der Waals surface area contributed by atoms with Crippen LogP contribution in [-0.2, 0) is 19.6 Å². The summed E-state index contributed by atoms with van der Waals surface area (Å²) in [6, 6.07) is 8.39. The van der Waals surface area contributed by atoms with Crippen LogP contribution < -0.4 is 10.0 Å². The maximum atomic E-state index is 12.7. The fraction of sp³-hybridized carbons (Fsp3) is 0.294. The normalized spacial score (nSPS) is 12.7. The number of anilines is 1. The molecule has 25 heavy (non-hydrogen) atoms. The van der Waals surface area contributed by atoms with Crippen LogP contribution in [0.1, 0.15) is 26.7 Å². The number of carboxylic acid groups (broad SMARTS) is 1. The Balaban J connectivity index is 2.53. The third-order valence-corrected chi connectivity index (χ3v) is 5.19. The number of hydrogen-bond acceptors (Lipinski definition) is 4. The van der Waals surface area contributed by atoms with Gasteiger partial charge >= 0.3 is 5.97 Å². The molecule has 134 valence electrons. The summed E-state index contributed by atoms with van der Waals surface area (Å²) in [5.74, 6) is -1.49. The van der Waals surface area contributed by atoms with E-state index in [1.165, 1.54) is 19.1 Å². The maximum Gasteiger partial charge on any atom is 0.321 e. The summed E-state index contributed by atoms with van der Waals surface area (Å²) in [6.07, 6.45) is 0.720. The molecule has 0 saturated carbocycles. The van der Waals surface area contributed by atoms with E-state index in [0.29, 0.717) is 22.9 Å². The number of nitrogens with one attached hydrogen (secondary N) is 2. The van der Waals surface area contributed by atoms with Crippen LogP contribution in [0.3, 0.4) is 0 Å². The molecule has 0 bridgehead atoms. The summed E-state index contributed by atoms with van der Waals surface area (Å²) >= 11 is 0. The number of fused-ring (bicyclic) bond motifs is 1. The second-order valence-corrected chi connectivity index (χ2v) is 7.32. The zero-order chi connectivity index (χ0) is 18.6. The quantitative estimate of drug-likeness (QED) is 0.698. The summed E-state index contributed by atoms with van der Waals surface area (Å²) in [4.78, 5) is 22.6. The summed E-state index contributed by atoms with van der Waals surface area (Å²) < 4.78 is 27.7. The Bertz CT molecular complexity index is 908. The Morgan fingerprint density at radius 2 is 1.76 bits per heavy atom. The molecule has 7 nitrogen and oxygen atoms in total. The van der Waals surface area contributed by atoms with Crippen molar-refractivity contribution in [3.05, 3.63) is 36.4 Å². The number of amides is 1. The third-order valence-electron chi connectivity index (χ3n) is 3.66. The van der Waals surface area contributed by atoms with Gasteiger partial charge in [0.15, 0.2) is 0 Å². The number of carbonyl (C=O) groups excluding carboxylic acids is 1. The fourth-order valence-electron chi connectivity index (χ4n) is 2.58. The molecule has 1 amide bonds. The molecule has 0 spiro atoms. The molecule has 0 heterocycles. The first-order chi connectivity index (χ1) is 11.8. The maximum absolute atomic E-state index is 12.7. The average Bonchev–Trinajstić information content (AvgIpc) is 2.53. The van der Waals surface area contributed by atoms with Gasteiger partial charge in [0.05, 0.1) is 4.90 Å². The van der Waals surface area contributed by atoms with Crippen LogP contribution in [0, 0.1) is 0 Å². The number of sulfonamides is 1. The van der Waals surface area contributed by atoms with E-state index >= 15 is 0 Å². The lowest BCUT2D eigenvalue weighted by Crippen LogP contribution is -2.40. The summed E-state index contributed by atoms with van der Waals surface area (Å²) in [6.45, 7) is 3.14. The van der Waals surface area contributed by atoms with Crippen molar-refractivity contribution in [3.63, 3.8) is 0 Å². The topological polar surface area (TPSA) is 113 Å². The van der Waals surface area contributed by atoms with Crippen molar-refractivity contribution in [1.29, 1.82) is 0 Å². The highest BCUT2D eigenvalue weighted by Crippen LogP contribution is 2.29. The highest BCUT2D eigenvalue weighted by Gasteiger charge is 2.26. The number of hydrogen-bond donors (Lipinski definition) is 3. The van der Waals surface area contributed by atoms with Crippen molar-refractivity contribution in [2.45, 2.75) is 37.6 Å². The highest BCUT2D eigenvalue weighted by atomic mass is 32.2. The Hall–Kier alpha value is -2.45. The number of rotatable bonds is 7. The molecule has 8 heteroatoms. The van der Waals surface area contributed by atoms with Crippen LogP contribution in [0.25, 0.3) is 10.8 Å². The van der Waals surface area contributed by atoms with E-state index in [0.717, 1.165) is 0 Å². The van der Waals surface area contributed by atoms with Gasteiger partial charge in [-0.05, 0) is 18.6 Å². The Kier molecular flexibility index (Phi) is 5.76. The van der Waals surface area contributed by atoms with Gasteiger partial charge in [0, 0.05) is 23.4 Å². The van der Waals surface area contributed by atoms with Crippen LogP contribution in [0.5, 0.6) is 0 Å². The summed E-state index contributed by atoms with van der Waals surface area (Å²) in [5.41, 5.74) is 0.491. The molecule has 2 aromatic carbocycles. The zero-order valence-electron chi connectivity index (χ0n) is 13.9. The Morgan fingerprint density at radius 3 is 2.32 bits per heavy atom. The van der Waals surface area contributed by atoms with Gasteiger partial charge in [-0.25, -0.2) is 8.42 Å². The average molecular weight is 364 g/mol. The van der Waals surface area contributed by atoms with Gasteiger partial charge in [0.2, 0.25) is 15.9 Å². The van der Waals surface area contributed by atoms with Crippen LogP contribution in [-0.4, -0.2) is 31.4 Å². The number of carbonyl (C=O) groups is 2. The minimum atomic E-state index is -4.04. The van der Waals surface area contributed by atoms with E-state index in [9.17, 15) is 23.1 Å². The number of carboxylic acids is 1. The van der Waals surface area contributed by atoms with Crippen LogP contribution in [0.4, 0.5) is 5.69 Å². The lowest BCUT2D eigenvalue weighted by Gasteiger charge is -2.16. The van der Waals surface area contributed by atoms with E-state index in [2.05, 4.69) is 10.0 Å². The number of aliphatic carboxylic acids is 1. The van der Waals surface area contributed by atoms with E-state index in [4.69, 9.17) is 0 Å². The van der Waals surface area contributed by atoms with Gasteiger partial charge in [-0.1, -0.05) is 37.6 Å². The molecule has 0 saturated heterocycles. The van der Waals surface area contributed by atoms with Crippen molar-refractivity contribution in [2.75, 3.05) is 5.32 Å². The van der Waals surface area contributed by atoms with E-state index in [-0.39, 0.29) is 17.2 Å². The highest BCUT2D eigenvalue weighted by molar-refractivity contribution is 7.89. The number of benzene rings is 2. The van der Waals surface area contributed by atoms with Crippen LogP contribution >= 0.6 is 0 Å². The Labute approximate surface area is 146 Å². The molecule has 1 atom stereocenters. The smallest absolute Gasteiger partial charge is 0.321 e. The molecular weight excluding hydrogens is 344 g/mol. The van der Waals surface area contributed by atoms with Gasteiger partial charge in [-0.15, -0.1) is 0 Å². The predicted molar refractivity (Wildman–Crippen MR) is 94.9 cm³/mol. The standard InChI is InChI=1S/C17H20N2O5S/c1-3-6-15(17(21)22)19-25(23,24)16-10-9-14(18-11(2)20)12-7-4-5-8-13(12)16/h4-5,7-10,15,19H,3,6H2,1-2H3,(H,18,20)(H,21,22). The van der Waals surface area contributed by atoms with Gasteiger partial charge in [0.1, 0.15) is 6.04 Å². The van der Waals surface area contributed by atoms with Gasteiger partial charge in [-0.3, -0.25) is 9.59 Å². The molecule has 0 aliphatic carbocycles. The first kappa shape index (κ1) is 18.9. The van der Waals surface area contributed by atoms with Gasteiger partial charge < -0.3 is 10.4 Å². The molecule has 1 unspecified atom stereocenters. The summed E-state index contributed by atoms with van der Waals surface area (Å²) in [7, 11) is -4.04. The molecule has 2 rings (SSSR count). The second-order valence-electron chi connectivity index (χ2n) is 5.64. The lowest BCUT2D eigenvalue weighted by molar-refractivity contribution is -0.139. The molecule has 0 aliphatic rings. The lowest BCUT2D eigenvalue weighted by atomic mass is 10.1. The van der Waals surface area contributed by atoms with E-state index < -0.39 is 22.0 Å². The molecule has 3 N–H and O–H groups in total. The Morgan fingerprint density at radius 1 is 1.12 bits per heavy atom. The van der Waals surface area contributed by atoms with Crippen LogP contribution in [0.15, 0.2) is 41.3 Å². The van der Waals surface area contributed by atoms with Gasteiger partial charge in [0.25, 0.3) is 0 Å². The van der Waals surface area contributed by atoms with Crippen molar-refractivity contribution in [2.24, 2.45) is 0 Å². The van der Waals surface area contributed by atoms with Crippen molar-refractivity contribution in [1.82, 2.24) is 4.72 Å². The van der Waals surface area contributed by atoms with Crippen molar-refractivity contribution < 1.29 is 23.1 Å². The molecule has 0 aromatic heterocycles. The minimum Gasteiger partial charge on any atom is -0.480 e. The first-order valence-electron chi connectivity index (χ1n) is 7.80. The molecular formula is C17H20N2O5S. The zero-order valence-corrected chi connectivity index (χ0v) is 14.8. The SMILES string of the molecule is CCCC(NS(=O)(=O)c1ccc(NC(C)=O)c2ccccc12)C(=O)O. The monoisotopic (exact) mass is 364 g/mol. The largest absolute Gasteiger partial charge is 0.480 e. The van der Waals surface area contributed by atoms with Crippen molar-refractivity contribution >= 4 is 38.4 Å². The first-order valence-corrected chi connectivity index (χ1v) is 9.29. The predicted octanol–water partition coefficient (Wildman–Crippen LogP) is 2.33. The summed E-state index contributed by atoms with van der Waals surface area (Å²) in [5, 5.41) is 12.8.